The monoisotopic (exact) mass is 589 g/mol. The van der Waals surface area contributed by atoms with Crippen LogP contribution in [0.2, 0.25) is 0 Å². The number of nitrogens with zero attached hydrogens (tertiary/aromatic N) is 2. The van der Waals surface area contributed by atoms with E-state index in [-0.39, 0.29) is 18.0 Å². The van der Waals surface area contributed by atoms with Crippen molar-refractivity contribution in [3.8, 4) is 17.2 Å². The molecule has 0 saturated carbocycles. The highest BCUT2D eigenvalue weighted by Gasteiger charge is 2.22. The molecule has 3 N–H and O–H groups in total. The minimum Gasteiger partial charge on any atom is -0.494 e. The van der Waals surface area contributed by atoms with Crippen molar-refractivity contribution >= 4 is 23.9 Å². The lowest BCUT2D eigenvalue weighted by atomic mass is 10.1. The smallest absolute Gasteiger partial charge is 0.335 e. The Labute approximate surface area is 254 Å². The summed E-state index contributed by atoms with van der Waals surface area (Å²) in [6.07, 6.45) is 11.1. The summed E-state index contributed by atoms with van der Waals surface area (Å²) in [6.45, 7) is 9.16. The molecule has 0 bridgehead atoms. The van der Waals surface area contributed by atoms with Crippen LogP contribution in [0.3, 0.4) is 0 Å². The van der Waals surface area contributed by atoms with E-state index < -0.39 is 12.1 Å². The zero-order chi connectivity index (χ0) is 31.2. The van der Waals surface area contributed by atoms with Crippen LogP contribution in [0, 0.1) is 5.41 Å². The predicted octanol–water partition coefficient (Wildman–Crippen LogP) is 5.73. The quantitative estimate of drug-likeness (QED) is 0.139. The number of ether oxygens (including phenoxy) is 3. The van der Waals surface area contributed by atoms with E-state index in [0.717, 1.165) is 30.6 Å². The number of hydrogen-bond donors (Lipinski definition) is 3. The minimum absolute atomic E-state index is 0.0247. The Balaban J connectivity index is 1.33. The first-order valence-electron chi connectivity index (χ1n) is 14.6. The largest absolute Gasteiger partial charge is 0.494 e. The van der Waals surface area contributed by atoms with Gasteiger partial charge in [0.25, 0.3) is 5.91 Å². The van der Waals surface area contributed by atoms with Crippen LogP contribution in [0.15, 0.2) is 71.9 Å². The average Bonchev–Trinajstić information content (AvgIpc) is 2.98. The zero-order valence-electron chi connectivity index (χ0n) is 25.6. The van der Waals surface area contributed by atoms with Gasteiger partial charge < -0.3 is 29.8 Å². The van der Waals surface area contributed by atoms with Crippen molar-refractivity contribution in [1.29, 1.82) is 5.41 Å². The van der Waals surface area contributed by atoms with Gasteiger partial charge in [0.15, 0.2) is 11.5 Å². The first-order valence-corrected chi connectivity index (χ1v) is 14.6. The molecule has 0 heterocycles. The van der Waals surface area contributed by atoms with Crippen molar-refractivity contribution in [2.24, 2.45) is 5.10 Å². The van der Waals surface area contributed by atoms with Gasteiger partial charge >= 0.3 is 6.03 Å². The number of benzene rings is 2. The molecular formula is C33H43N5O5. The van der Waals surface area contributed by atoms with Crippen LogP contribution in [-0.4, -0.2) is 67.2 Å². The molecule has 3 rings (SSSR count). The minimum atomic E-state index is -0.486. The Morgan fingerprint density at radius 2 is 1.65 bits per heavy atom. The van der Waals surface area contributed by atoms with Crippen molar-refractivity contribution in [2.75, 3.05) is 20.3 Å². The fourth-order valence-corrected chi connectivity index (χ4v) is 4.54. The van der Waals surface area contributed by atoms with Crippen LogP contribution < -0.4 is 25.0 Å². The van der Waals surface area contributed by atoms with Crippen molar-refractivity contribution in [3.63, 3.8) is 0 Å². The van der Waals surface area contributed by atoms with E-state index in [4.69, 9.17) is 19.6 Å². The third-order valence-corrected chi connectivity index (χ3v) is 6.64. The third-order valence-electron chi connectivity index (χ3n) is 6.64. The van der Waals surface area contributed by atoms with E-state index in [0.29, 0.717) is 36.0 Å². The molecule has 3 amide bonds. The number of urea groups is 1. The van der Waals surface area contributed by atoms with Crippen molar-refractivity contribution < 1.29 is 23.8 Å². The molecule has 1 aliphatic rings. The second kappa shape index (κ2) is 16.7. The molecule has 0 fully saturated rings. The Morgan fingerprint density at radius 3 is 2.30 bits per heavy atom. The summed E-state index contributed by atoms with van der Waals surface area (Å²) in [5.74, 6) is 1.89. The molecule has 10 nitrogen and oxygen atoms in total. The van der Waals surface area contributed by atoms with E-state index >= 15 is 0 Å². The summed E-state index contributed by atoms with van der Waals surface area (Å²) in [7, 11) is 1.58. The summed E-state index contributed by atoms with van der Waals surface area (Å²) < 4.78 is 17.3. The lowest BCUT2D eigenvalue weighted by Crippen LogP contribution is -2.43. The summed E-state index contributed by atoms with van der Waals surface area (Å²) in [5, 5.41) is 14.4. The number of rotatable bonds is 15. The molecule has 1 aliphatic carbocycles. The number of hydrogen-bond acceptors (Lipinski definition) is 7. The van der Waals surface area contributed by atoms with Gasteiger partial charge in [0.05, 0.1) is 38.3 Å². The number of methoxy groups -OCH3 is 1. The Hall–Kier alpha value is -4.60. The van der Waals surface area contributed by atoms with E-state index in [1.807, 2.05) is 56.9 Å². The highest BCUT2D eigenvalue weighted by Crippen LogP contribution is 2.29. The molecule has 2 aromatic carbocycles. The Kier molecular flexibility index (Phi) is 12.8. The maximum Gasteiger partial charge on any atom is 0.335 e. The van der Waals surface area contributed by atoms with Crippen LogP contribution in [0.1, 0.15) is 62.9 Å². The lowest BCUT2D eigenvalue weighted by molar-refractivity contribution is 0.0643. The molecule has 0 spiro atoms. The first-order chi connectivity index (χ1) is 20.7. The van der Waals surface area contributed by atoms with Crippen LogP contribution in [0.5, 0.6) is 17.2 Å². The summed E-state index contributed by atoms with van der Waals surface area (Å²) in [6, 6.07) is 12.0. The van der Waals surface area contributed by atoms with Crippen LogP contribution in [-0.2, 0) is 0 Å². The number of hydrazone groups is 1. The lowest BCUT2D eigenvalue weighted by Gasteiger charge is -2.31. The van der Waals surface area contributed by atoms with E-state index in [9.17, 15) is 9.59 Å². The van der Waals surface area contributed by atoms with Crippen LogP contribution in [0.25, 0.3) is 0 Å². The molecule has 0 saturated heterocycles. The van der Waals surface area contributed by atoms with Gasteiger partial charge in [-0.25, -0.2) is 10.2 Å². The van der Waals surface area contributed by atoms with Gasteiger partial charge in [-0.1, -0.05) is 18.2 Å². The highest BCUT2D eigenvalue weighted by atomic mass is 16.5. The van der Waals surface area contributed by atoms with Gasteiger partial charge in [-0.3, -0.25) is 4.79 Å². The second-order valence-corrected chi connectivity index (χ2v) is 10.6. The number of allylic oxidation sites excluding steroid dienone is 2. The fourth-order valence-electron chi connectivity index (χ4n) is 4.54. The molecule has 0 aliphatic heterocycles. The molecule has 0 radical (unpaired) electrons. The van der Waals surface area contributed by atoms with E-state index in [1.54, 1.807) is 49.6 Å². The van der Waals surface area contributed by atoms with Gasteiger partial charge in [0.2, 0.25) is 0 Å². The predicted molar refractivity (Wildman–Crippen MR) is 170 cm³/mol. The molecular weight excluding hydrogens is 546 g/mol. The second-order valence-electron chi connectivity index (χ2n) is 10.6. The van der Waals surface area contributed by atoms with Gasteiger partial charge in [-0.15, -0.1) is 0 Å². The normalized spacial score (nSPS) is 14.3. The molecule has 0 aromatic heterocycles. The first kappa shape index (κ1) is 32.9. The van der Waals surface area contributed by atoms with Crippen molar-refractivity contribution in [3.05, 3.63) is 77.9 Å². The maximum atomic E-state index is 13.0. The third kappa shape index (κ3) is 10.3. The van der Waals surface area contributed by atoms with Gasteiger partial charge in [-0.05, 0) is 101 Å². The molecule has 43 heavy (non-hydrogen) atoms. The van der Waals surface area contributed by atoms with Crippen LogP contribution in [0.4, 0.5) is 4.79 Å². The standard InChI is InChI=1S/C33H43N5O5/c1-23(2)38(24(3)4)32(39)26-15-18-30(31(21-26)41-5)43-20-10-6-9-19-42-27-16-13-25(14-17-27)22-35-37-33(40)36-29-12-8-7-11-28(29)34/h7-8,11-18,21-24,29,34H,6,9-10,19-20H2,1-5H3,(H2,36,37,40). The highest BCUT2D eigenvalue weighted by molar-refractivity contribution is 6.01. The van der Waals surface area contributed by atoms with Gasteiger partial charge in [0.1, 0.15) is 5.75 Å². The number of carbonyl (C=O) groups excluding carboxylic acids is 2. The maximum absolute atomic E-state index is 13.0. The van der Waals surface area contributed by atoms with Gasteiger partial charge in [0, 0.05) is 17.6 Å². The van der Waals surface area contributed by atoms with Crippen molar-refractivity contribution in [1.82, 2.24) is 15.6 Å². The number of carbonyl (C=O) groups is 2. The molecule has 1 atom stereocenters. The topological polar surface area (TPSA) is 125 Å². The SMILES string of the molecule is COc1cc(C(=O)N(C(C)C)C(C)C)ccc1OCCCCCOc1ccc(C=NNC(=O)NC2C=CC=CC2=N)cc1. The molecule has 2 aromatic rings. The van der Waals surface area contributed by atoms with E-state index in [2.05, 4.69) is 15.8 Å². The Bertz CT molecular complexity index is 1310. The van der Waals surface area contributed by atoms with Gasteiger partial charge in [-0.2, -0.15) is 5.10 Å². The average molecular weight is 590 g/mol. The fraction of sp³-hybridized carbons (Fsp3) is 0.394. The molecule has 230 valence electrons. The number of nitrogens with one attached hydrogen (secondary N) is 3. The summed E-state index contributed by atoms with van der Waals surface area (Å²) in [4.78, 5) is 26.8. The van der Waals surface area contributed by atoms with E-state index in [1.165, 1.54) is 6.21 Å². The molecule has 10 heteroatoms. The summed E-state index contributed by atoms with van der Waals surface area (Å²) >= 11 is 0. The Morgan fingerprint density at radius 1 is 0.953 bits per heavy atom. The summed E-state index contributed by atoms with van der Waals surface area (Å²) in [5.41, 5.74) is 4.10. The number of amides is 3. The zero-order valence-corrected chi connectivity index (χ0v) is 25.6. The number of unbranched alkanes of at least 4 members (excludes halogenated alkanes) is 2. The molecule has 1 unspecified atom stereocenters. The van der Waals surface area contributed by atoms with Crippen LogP contribution >= 0.6 is 0 Å². The van der Waals surface area contributed by atoms with Crippen molar-refractivity contribution in [2.45, 2.75) is 65.1 Å².